The molecule has 0 saturated carbocycles. The molecule has 0 atom stereocenters. The zero-order valence-electron chi connectivity index (χ0n) is 14.6. The van der Waals surface area contributed by atoms with Crippen molar-refractivity contribution in [1.82, 2.24) is 20.5 Å². The molecule has 5 nitrogen and oxygen atoms in total. The second-order valence-corrected chi connectivity index (χ2v) is 6.50. The van der Waals surface area contributed by atoms with Gasteiger partial charge in [0.15, 0.2) is 5.96 Å². The normalized spacial score (nSPS) is 12.2. The lowest BCUT2D eigenvalue weighted by atomic mass is 10.2. The summed E-state index contributed by atoms with van der Waals surface area (Å²) in [5.41, 5.74) is 1.17. The Hall–Kier alpha value is -1.14. The lowest BCUT2D eigenvalue weighted by molar-refractivity contribution is 0.300. The zero-order valence-corrected chi connectivity index (χ0v) is 15.5. The molecule has 1 rings (SSSR count). The van der Waals surface area contributed by atoms with Gasteiger partial charge < -0.3 is 15.5 Å². The Morgan fingerprint density at radius 2 is 2.05 bits per heavy atom. The predicted molar refractivity (Wildman–Crippen MR) is 96.8 cm³/mol. The van der Waals surface area contributed by atoms with Gasteiger partial charge in [0.1, 0.15) is 5.01 Å². The van der Waals surface area contributed by atoms with Crippen molar-refractivity contribution in [1.29, 1.82) is 0 Å². The molecule has 0 aliphatic rings. The molecule has 6 heteroatoms. The van der Waals surface area contributed by atoms with E-state index in [0.29, 0.717) is 5.92 Å². The number of hydrogen-bond donors (Lipinski definition) is 2. The molecule has 22 heavy (non-hydrogen) atoms. The van der Waals surface area contributed by atoms with Crippen LogP contribution in [0.1, 0.15) is 50.7 Å². The molecule has 0 aliphatic carbocycles. The molecule has 0 bridgehead atoms. The van der Waals surface area contributed by atoms with Gasteiger partial charge in [-0.1, -0.05) is 27.7 Å². The first-order chi connectivity index (χ1) is 10.6. The Kier molecular flexibility index (Phi) is 9.08. The summed E-state index contributed by atoms with van der Waals surface area (Å²) in [6, 6.07) is 0. The summed E-state index contributed by atoms with van der Waals surface area (Å²) in [6.07, 6.45) is 1.12. The van der Waals surface area contributed by atoms with Crippen LogP contribution in [0.5, 0.6) is 0 Å². The van der Waals surface area contributed by atoms with Crippen LogP contribution in [0.15, 0.2) is 10.4 Å². The van der Waals surface area contributed by atoms with Gasteiger partial charge in [0.25, 0.3) is 0 Å². The number of aliphatic imine (C=N–C) groups is 1. The molecule has 0 spiro atoms. The Morgan fingerprint density at radius 3 is 2.59 bits per heavy atom. The third-order valence-electron chi connectivity index (χ3n) is 3.63. The van der Waals surface area contributed by atoms with Gasteiger partial charge in [-0.3, -0.25) is 4.99 Å². The summed E-state index contributed by atoms with van der Waals surface area (Å²) in [5.74, 6) is 1.34. The van der Waals surface area contributed by atoms with Crippen molar-refractivity contribution in [3.05, 3.63) is 16.1 Å². The highest BCUT2D eigenvalue weighted by Crippen LogP contribution is 2.17. The fraction of sp³-hybridized carbons (Fsp3) is 0.750. The van der Waals surface area contributed by atoms with E-state index in [2.05, 4.69) is 58.6 Å². The molecule has 1 aromatic heterocycles. The van der Waals surface area contributed by atoms with Crippen LogP contribution in [0.3, 0.4) is 0 Å². The molecule has 0 saturated heterocycles. The van der Waals surface area contributed by atoms with Gasteiger partial charge in [0.05, 0.1) is 12.2 Å². The fourth-order valence-corrected chi connectivity index (χ4v) is 3.00. The van der Waals surface area contributed by atoms with Crippen LogP contribution in [0.2, 0.25) is 0 Å². The highest BCUT2D eigenvalue weighted by molar-refractivity contribution is 7.09. The van der Waals surface area contributed by atoms with E-state index in [1.807, 2.05) is 0 Å². The van der Waals surface area contributed by atoms with Gasteiger partial charge in [0.2, 0.25) is 0 Å². The number of rotatable bonds is 9. The maximum Gasteiger partial charge on any atom is 0.191 e. The van der Waals surface area contributed by atoms with Crippen LogP contribution in [0.25, 0.3) is 0 Å². The molecule has 0 unspecified atom stereocenters. The van der Waals surface area contributed by atoms with Crippen LogP contribution in [0.4, 0.5) is 0 Å². The maximum atomic E-state index is 4.62. The van der Waals surface area contributed by atoms with Crippen LogP contribution in [-0.2, 0) is 6.54 Å². The average molecular weight is 326 g/mol. The van der Waals surface area contributed by atoms with E-state index in [9.17, 15) is 0 Å². The van der Waals surface area contributed by atoms with Crippen molar-refractivity contribution >= 4 is 17.3 Å². The zero-order chi connectivity index (χ0) is 16.4. The standard InChI is InChI=1S/C16H31N5S/c1-6-21(7-2)10-8-9-18-16(17-5)19-11-15-20-14(12-22-15)13(3)4/h12-13H,6-11H2,1-5H3,(H2,17,18,19). The minimum absolute atomic E-state index is 0.488. The first-order valence-corrected chi connectivity index (χ1v) is 9.09. The number of guanidine groups is 1. The minimum atomic E-state index is 0.488. The van der Waals surface area contributed by atoms with E-state index < -0.39 is 0 Å². The molecule has 1 aromatic rings. The topological polar surface area (TPSA) is 52.5 Å². The fourth-order valence-electron chi connectivity index (χ4n) is 2.10. The summed E-state index contributed by atoms with van der Waals surface area (Å²) >= 11 is 1.71. The third-order valence-corrected chi connectivity index (χ3v) is 4.50. The smallest absolute Gasteiger partial charge is 0.191 e. The number of thiazole rings is 1. The monoisotopic (exact) mass is 325 g/mol. The summed E-state index contributed by atoms with van der Waals surface area (Å²) in [7, 11) is 1.81. The maximum absolute atomic E-state index is 4.62. The van der Waals surface area contributed by atoms with Gasteiger partial charge in [0, 0.05) is 19.0 Å². The predicted octanol–water partition coefficient (Wildman–Crippen LogP) is 2.66. The highest BCUT2D eigenvalue weighted by atomic mass is 32.1. The second kappa shape index (κ2) is 10.6. The van der Waals surface area contributed by atoms with E-state index in [0.717, 1.165) is 50.1 Å². The lowest BCUT2D eigenvalue weighted by Gasteiger charge is -2.18. The second-order valence-electron chi connectivity index (χ2n) is 5.55. The Balaban J connectivity index is 2.27. The largest absolute Gasteiger partial charge is 0.356 e. The van der Waals surface area contributed by atoms with Gasteiger partial charge in [-0.2, -0.15) is 0 Å². The van der Waals surface area contributed by atoms with Crippen molar-refractivity contribution in [3.8, 4) is 0 Å². The Labute approximate surface area is 139 Å². The summed E-state index contributed by atoms with van der Waals surface area (Å²) in [6.45, 7) is 13.8. The van der Waals surface area contributed by atoms with Crippen molar-refractivity contribution in [2.45, 2.75) is 46.6 Å². The Morgan fingerprint density at radius 1 is 1.32 bits per heavy atom. The van der Waals surface area contributed by atoms with E-state index in [-0.39, 0.29) is 0 Å². The molecule has 126 valence electrons. The molecule has 0 amide bonds. The molecule has 0 fully saturated rings. The molecule has 2 N–H and O–H groups in total. The van der Waals surface area contributed by atoms with Crippen molar-refractivity contribution in [2.75, 3.05) is 33.2 Å². The van der Waals surface area contributed by atoms with Gasteiger partial charge >= 0.3 is 0 Å². The first kappa shape index (κ1) is 18.9. The van der Waals surface area contributed by atoms with Crippen molar-refractivity contribution < 1.29 is 0 Å². The van der Waals surface area contributed by atoms with E-state index >= 15 is 0 Å². The lowest BCUT2D eigenvalue weighted by Crippen LogP contribution is -2.38. The third kappa shape index (κ3) is 6.75. The molecule has 0 aliphatic heterocycles. The van der Waals surface area contributed by atoms with E-state index in [1.165, 1.54) is 5.69 Å². The van der Waals surface area contributed by atoms with E-state index in [4.69, 9.17) is 0 Å². The summed E-state index contributed by atoms with van der Waals surface area (Å²) in [4.78, 5) is 11.3. The van der Waals surface area contributed by atoms with Gasteiger partial charge in [-0.25, -0.2) is 4.98 Å². The summed E-state index contributed by atoms with van der Waals surface area (Å²) in [5, 5.41) is 9.94. The molecule has 1 heterocycles. The van der Waals surface area contributed by atoms with Crippen LogP contribution < -0.4 is 10.6 Å². The van der Waals surface area contributed by atoms with Gasteiger partial charge in [-0.15, -0.1) is 11.3 Å². The molecular formula is C16H31N5S. The van der Waals surface area contributed by atoms with Crippen LogP contribution >= 0.6 is 11.3 Å². The summed E-state index contributed by atoms with van der Waals surface area (Å²) < 4.78 is 0. The Bertz CT molecular complexity index is 437. The van der Waals surface area contributed by atoms with E-state index in [1.54, 1.807) is 18.4 Å². The molecular weight excluding hydrogens is 294 g/mol. The van der Waals surface area contributed by atoms with Gasteiger partial charge in [-0.05, 0) is 32.0 Å². The van der Waals surface area contributed by atoms with Crippen molar-refractivity contribution in [2.24, 2.45) is 4.99 Å². The number of hydrogen-bond acceptors (Lipinski definition) is 4. The number of nitrogens with zero attached hydrogens (tertiary/aromatic N) is 3. The SMILES string of the molecule is CCN(CC)CCCNC(=NC)NCc1nc(C(C)C)cs1. The highest BCUT2D eigenvalue weighted by Gasteiger charge is 2.06. The molecule has 0 radical (unpaired) electrons. The minimum Gasteiger partial charge on any atom is -0.356 e. The first-order valence-electron chi connectivity index (χ1n) is 8.21. The number of nitrogens with one attached hydrogen (secondary N) is 2. The molecule has 0 aromatic carbocycles. The van der Waals surface area contributed by atoms with Crippen LogP contribution in [-0.4, -0.2) is 49.1 Å². The van der Waals surface area contributed by atoms with Crippen LogP contribution in [0, 0.1) is 0 Å². The number of aromatic nitrogens is 1. The average Bonchev–Trinajstić information content (AvgIpc) is 2.99. The quantitative estimate of drug-likeness (QED) is 0.416. The van der Waals surface area contributed by atoms with Crippen molar-refractivity contribution in [3.63, 3.8) is 0 Å².